The van der Waals surface area contributed by atoms with Gasteiger partial charge in [0.1, 0.15) is 0 Å². The maximum absolute atomic E-state index is 12.3. The number of nitrogens with zero attached hydrogens (tertiary/aromatic N) is 1. The Balaban J connectivity index is 1.82. The molecule has 0 saturated carbocycles. The largest absolute Gasteiger partial charge is 0.351 e. The summed E-state index contributed by atoms with van der Waals surface area (Å²) in [5, 5.41) is 3.03. The Labute approximate surface area is 132 Å². The molecule has 1 fully saturated rings. The second-order valence-corrected chi connectivity index (χ2v) is 7.06. The van der Waals surface area contributed by atoms with Gasteiger partial charge in [-0.1, -0.05) is 30.3 Å². The number of hydrogen-bond acceptors (Lipinski definition) is 2. The number of likely N-dealkylation sites (tertiary alicyclic amines) is 1. The Hall–Kier alpha value is -1.84. The van der Waals surface area contributed by atoms with Crippen LogP contribution in [0.1, 0.15) is 39.2 Å². The number of piperidine rings is 1. The van der Waals surface area contributed by atoms with Gasteiger partial charge in [-0.2, -0.15) is 0 Å². The molecule has 1 aromatic rings. The molecule has 120 valence electrons. The molecular weight excluding hydrogens is 276 g/mol. The zero-order valence-electron chi connectivity index (χ0n) is 13.8. The molecule has 1 aliphatic rings. The molecule has 0 radical (unpaired) electrons. The molecule has 0 atom stereocenters. The van der Waals surface area contributed by atoms with Gasteiger partial charge in [-0.05, 0) is 39.2 Å². The molecule has 1 saturated heterocycles. The predicted molar refractivity (Wildman–Crippen MR) is 87.3 cm³/mol. The normalized spacial score (nSPS) is 16.4. The third-order valence-electron chi connectivity index (χ3n) is 3.91. The number of carbonyl (C=O) groups is 2. The van der Waals surface area contributed by atoms with Gasteiger partial charge in [0.15, 0.2) is 0 Å². The standard InChI is InChI=1S/C18H26N2O2/c1-18(2,3)19-17(22)15-9-11-20(12-10-15)16(21)13-14-7-5-4-6-8-14/h4-8,15H,9-13H2,1-3H3,(H,19,22). The van der Waals surface area contributed by atoms with Crippen molar-refractivity contribution in [2.45, 2.75) is 45.6 Å². The zero-order chi connectivity index (χ0) is 16.2. The molecule has 1 aliphatic heterocycles. The topological polar surface area (TPSA) is 49.4 Å². The Morgan fingerprint density at radius 3 is 2.27 bits per heavy atom. The maximum Gasteiger partial charge on any atom is 0.226 e. The summed E-state index contributed by atoms with van der Waals surface area (Å²) in [5.41, 5.74) is 0.845. The molecule has 1 N–H and O–H groups in total. The highest BCUT2D eigenvalue weighted by molar-refractivity contribution is 5.81. The summed E-state index contributed by atoms with van der Waals surface area (Å²) in [5.74, 6) is 0.295. The molecule has 1 heterocycles. The Morgan fingerprint density at radius 1 is 1.14 bits per heavy atom. The molecule has 0 aromatic heterocycles. The zero-order valence-corrected chi connectivity index (χ0v) is 13.8. The first-order valence-corrected chi connectivity index (χ1v) is 7.99. The molecule has 0 unspecified atom stereocenters. The van der Waals surface area contributed by atoms with Gasteiger partial charge in [0, 0.05) is 24.5 Å². The molecule has 2 rings (SSSR count). The molecule has 4 heteroatoms. The lowest BCUT2D eigenvalue weighted by atomic mass is 9.94. The fourth-order valence-corrected chi connectivity index (χ4v) is 2.75. The summed E-state index contributed by atoms with van der Waals surface area (Å²) >= 11 is 0. The summed E-state index contributed by atoms with van der Waals surface area (Å²) in [7, 11) is 0. The van der Waals surface area contributed by atoms with E-state index in [1.54, 1.807) is 0 Å². The van der Waals surface area contributed by atoms with E-state index < -0.39 is 0 Å². The summed E-state index contributed by atoms with van der Waals surface area (Å²) in [6.45, 7) is 7.32. The molecule has 4 nitrogen and oxygen atoms in total. The Morgan fingerprint density at radius 2 is 1.73 bits per heavy atom. The minimum Gasteiger partial charge on any atom is -0.351 e. The van der Waals surface area contributed by atoms with Crippen LogP contribution >= 0.6 is 0 Å². The summed E-state index contributed by atoms with van der Waals surface area (Å²) < 4.78 is 0. The smallest absolute Gasteiger partial charge is 0.226 e. The SMILES string of the molecule is CC(C)(C)NC(=O)C1CCN(C(=O)Cc2ccccc2)CC1. The van der Waals surface area contributed by atoms with Crippen molar-refractivity contribution in [2.75, 3.05) is 13.1 Å². The van der Waals surface area contributed by atoms with Gasteiger partial charge in [-0.3, -0.25) is 9.59 Å². The number of rotatable bonds is 3. The first-order chi connectivity index (χ1) is 10.3. The van der Waals surface area contributed by atoms with Crippen LogP contribution in [0.5, 0.6) is 0 Å². The van der Waals surface area contributed by atoms with E-state index in [1.165, 1.54) is 0 Å². The third-order valence-corrected chi connectivity index (χ3v) is 3.91. The first kappa shape index (κ1) is 16.5. The van der Waals surface area contributed by atoms with Crippen molar-refractivity contribution in [3.8, 4) is 0 Å². The lowest BCUT2D eigenvalue weighted by Gasteiger charge is -2.33. The van der Waals surface area contributed by atoms with Gasteiger partial charge in [-0.25, -0.2) is 0 Å². The van der Waals surface area contributed by atoms with Gasteiger partial charge < -0.3 is 10.2 Å². The lowest BCUT2D eigenvalue weighted by Crippen LogP contribution is -2.48. The van der Waals surface area contributed by atoms with Crippen LogP contribution in [0.25, 0.3) is 0 Å². The van der Waals surface area contributed by atoms with Crippen LogP contribution in [-0.2, 0) is 16.0 Å². The van der Waals surface area contributed by atoms with Crippen molar-refractivity contribution in [2.24, 2.45) is 5.92 Å². The minimum atomic E-state index is -0.197. The van der Waals surface area contributed by atoms with Gasteiger partial charge in [0.2, 0.25) is 11.8 Å². The van der Waals surface area contributed by atoms with E-state index in [0.717, 1.165) is 18.4 Å². The van der Waals surface area contributed by atoms with Crippen LogP contribution in [-0.4, -0.2) is 35.3 Å². The van der Waals surface area contributed by atoms with E-state index in [4.69, 9.17) is 0 Å². The van der Waals surface area contributed by atoms with Gasteiger partial charge in [0.25, 0.3) is 0 Å². The lowest BCUT2D eigenvalue weighted by molar-refractivity contribution is -0.135. The van der Waals surface area contributed by atoms with Crippen LogP contribution in [0.2, 0.25) is 0 Å². The molecule has 22 heavy (non-hydrogen) atoms. The Bertz CT molecular complexity index is 512. The molecular formula is C18H26N2O2. The predicted octanol–water partition coefficient (Wildman–Crippen LogP) is 2.38. The molecule has 1 aromatic carbocycles. The minimum absolute atomic E-state index is 0.0278. The van der Waals surface area contributed by atoms with Crippen molar-refractivity contribution in [1.29, 1.82) is 0 Å². The van der Waals surface area contributed by atoms with Crippen molar-refractivity contribution < 1.29 is 9.59 Å². The molecule has 0 bridgehead atoms. The van der Waals surface area contributed by atoms with E-state index in [-0.39, 0.29) is 23.3 Å². The maximum atomic E-state index is 12.3. The van der Waals surface area contributed by atoms with Crippen LogP contribution in [0, 0.1) is 5.92 Å². The highest BCUT2D eigenvalue weighted by atomic mass is 16.2. The molecule has 0 aliphatic carbocycles. The summed E-state index contributed by atoms with van der Waals surface area (Å²) in [6.07, 6.45) is 1.95. The fraction of sp³-hybridized carbons (Fsp3) is 0.556. The average Bonchev–Trinajstić information content (AvgIpc) is 2.46. The molecule has 0 spiro atoms. The number of nitrogens with one attached hydrogen (secondary N) is 1. The third kappa shape index (κ3) is 4.86. The number of amides is 2. The van der Waals surface area contributed by atoms with E-state index in [0.29, 0.717) is 19.5 Å². The second-order valence-electron chi connectivity index (χ2n) is 7.06. The van der Waals surface area contributed by atoms with Crippen molar-refractivity contribution in [1.82, 2.24) is 10.2 Å². The van der Waals surface area contributed by atoms with E-state index >= 15 is 0 Å². The van der Waals surface area contributed by atoms with Crippen LogP contribution in [0.4, 0.5) is 0 Å². The number of carbonyl (C=O) groups excluding carboxylic acids is 2. The van der Waals surface area contributed by atoms with Crippen LogP contribution < -0.4 is 5.32 Å². The average molecular weight is 302 g/mol. The van der Waals surface area contributed by atoms with E-state index in [2.05, 4.69) is 5.32 Å². The summed E-state index contributed by atoms with van der Waals surface area (Å²) in [4.78, 5) is 26.3. The highest BCUT2D eigenvalue weighted by Gasteiger charge is 2.28. The highest BCUT2D eigenvalue weighted by Crippen LogP contribution is 2.19. The Kier molecular flexibility index (Phi) is 5.22. The van der Waals surface area contributed by atoms with Gasteiger partial charge in [0.05, 0.1) is 6.42 Å². The van der Waals surface area contributed by atoms with Crippen molar-refractivity contribution in [3.05, 3.63) is 35.9 Å². The quantitative estimate of drug-likeness (QED) is 0.932. The van der Waals surface area contributed by atoms with Gasteiger partial charge >= 0.3 is 0 Å². The van der Waals surface area contributed by atoms with Gasteiger partial charge in [-0.15, -0.1) is 0 Å². The van der Waals surface area contributed by atoms with E-state index in [1.807, 2.05) is 56.0 Å². The fourth-order valence-electron chi connectivity index (χ4n) is 2.75. The molecule has 2 amide bonds. The monoisotopic (exact) mass is 302 g/mol. The first-order valence-electron chi connectivity index (χ1n) is 7.99. The second kappa shape index (κ2) is 6.95. The van der Waals surface area contributed by atoms with Crippen molar-refractivity contribution in [3.63, 3.8) is 0 Å². The van der Waals surface area contributed by atoms with Crippen LogP contribution in [0.15, 0.2) is 30.3 Å². The van der Waals surface area contributed by atoms with Crippen LogP contribution in [0.3, 0.4) is 0 Å². The summed E-state index contributed by atoms with van der Waals surface area (Å²) in [6, 6.07) is 9.80. The number of hydrogen-bond donors (Lipinski definition) is 1. The van der Waals surface area contributed by atoms with E-state index in [9.17, 15) is 9.59 Å². The number of benzene rings is 1. The van der Waals surface area contributed by atoms with Crippen molar-refractivity contribution >= 4 is 11.8 Å².